The number of thiazole rings is 1. The summed E-state index contributed by atoms with van der Waals surface area (Å²) in [5.41, 5.74) is 0.392. The second kappa shape index (κ2) is 7.02. The van der Waals surface area contributed by atoms with Crippen LogP contribution in [0.15, 0.2) is 30.5 Å². The van der Waals surface area contributed by atoms with E-state index in [0.717, 1.165) is 17.2 Å². The van der Waals surface area contributed by atoms with Gasteiger partial charge >= 0.3 is 0 Å². The number of rotatable bonds is 5. The summed E-state index contributed by atoms with van der Waals surface area (Å²) in [6.45, 7) is 0.416. The van der Waals surface area contributed by atoms with Crippen LogP contribution in [0.2, 0.25) is 0 Å². The van der Waals surface area contributed by atoms with Crippen LogP contribution in [0.25, 0.3) is 10.6 Å². The van der Waals surface area contributed by atoms with Crippen molar-refractivity contribution in [3.8, 4) is 10.6 Å². The highest BCUT2D eigenvalue weighted by atomic mass is 32.1. The molecule has 6 nitrogen and oxygen atoms in total. The fourth-order valence-electron chi connectivity index (χ4n) is 2.12. The van der Waals surface area contributed by atoms with Gasteiger partial charge in [-0.1, -0.05) is 12.1 Å². The van der Waals surface area contributed by atoms with Crippen molar-refractivity contribution in [2.45, 2.75) is 6.42 Å². The highest BCUT2D eigenvalue weighted by Gasteiger charge is 2.14. The molecule has 3 aromatic rings. The molecule has 0 spiro atoms. The van der Waals surface area contributed by atoms with E-state index in [-0.39, 0.29) is 11.7 Å². The Bertz CT molecular complexity index is 930. The molecule has 2 N–H and O–H groups in total. The number of halogens is 1. The number of amides is 1. The Morgan fingerprint density at radius 1 is 1.46 bits per heavy atom. The molecule has 0 radical (unpaired) electrons. The van der Waals surface area contributed by atoms with Crippen molar-refractivity contribution in [2.75, 3.05) is 6.54 Å². The summed E-state index contributed by atoms with van der Waals surface area (Å²) in [5.74, 6) is 0.160. The quantitative estimate of drug-likeness (QED) is 0.684. The molecular weight excluding hydrogens is 349 g/mol. The van der Waals surface area contributed by atoms with E-state index in [1.807, 2.05) is 7.05 Å². The van der Waals surface area contributed by atoms with E-state index in [0.29, 0.717) is 33.2 Å². The Morgan fingerprint density at radius 2 is 2.25 bits per heavy atom. The number of aromatic amines is 1. The van der Waals surface area contributed by atoms with E-state index < -0.39 is 0 Å². The highest BCUT2D eigenvalue weighted by Crippen LogP contribution is 2.27. The van der Waals surface area contributed by atoms with Crippen LogP contribution in [-0.2, 0) is 13.5 Å². The summed E-state index contributed by atoms with van der Waals surface area (Å²) in [4.78, 5) is 16.7. The molecule has 2 aromatic heterocycles. The summed E-state index contributed by atoms with van der Waals surface area (Å²) >= 11 is 6.19. The zero-order valence-corrected chi connectivity index (χ0v) is 14.4. The molecule has 0 bridgehead atoms. The fourth-order valence-corrected chi connectivity index (χ4v) is 3.13. The number of carbonyl (C=O) groups is 1. The first-order chi connectivity index (χ1) is 11.6. The van der Waals surface area contributed by atoms with Crippen molar-refractivity contribution in [3.63, 3.8) is 0 Å². The zero-order valence-electron chi connectivity index (χ0n) is 12.7. The van der Waals surface area contributed by atoms with Crippen LogP contribution in [-0.4, -0.2) is 32.2 Å². The number of hydrogen-bond donors (Lipinski definition) is 2. The van der Waals surface area contributed by atoms with Gasteiger partial charge in [-0.3, -0.25) is 9.89 Å². The molecule has 0 aliphatic rings. The second-order valence-electron chi connectivity index (χ2n) is 5.02. The molecule has 0 saturated carbocycles. The van der Waals surface area contributed by atoms with Gasteiger partial charge in [0.15, 0.2) is 4.77 Å². The lowest BCUT2D eigenvalue weighted by atomic mass is 10.2. The molecule has 124 valence electrons. The number of nitrogens with zero attached hydrogens (tertiary/aromatic N) is 3. The van der Waals surface area contributed by atoms with Crippen molar-refractivity contribution in [1.82, 2.24) is 25.1 Å². The fraction of sp³-hybridized carbons (Fsp3) is 0.200. The third kappa shape index (κ3) is 3.41. The van der Waals surface area contributed by atoms with Crippen molar-refractivity contribution in [3.05, 3.63) is 51.8 Å². The van der Waals surface area contributed by atoms with E-state index in [1.54, 1.807) is 22.8 Å². The van der Waals surface area contributed by atoms with E-state index in [1.165, 1.54) is 12.3 Å². The Labute approximate surface area is 146 Å². The van der Waals surface area contributed by atoms with Gasteiger partial charge in [0.1, 0.15) is 21.5 Å². The molecule has 2 heterocycles. The van der Waals surface area contributed by atoms with E-state index >= 15 is 0 Å². The molecular formula is C15H14FN5OS2. The third-order valence-corrected chi connectivity index (χ3v) is 4.83. The number of nitrogens with one attached hydrogen (secondary N) is 2. The summed E-state index contributed by atoms with van der Waals surface area (Å²) in [6, 6.07) is 6.35. The largest absolute Gasteiger partial charge is 0.351 e. The lowest BCUT2D eigenvalue weighted by Crippen LogP contribution is -2.25. The highest BCUT2D eigenvalue weighted by molar-refractivity contribution is 7.71. The minimum Gasteiger partial charge on any atom is -0.351 e. The lowest BCUT2D eigenvalue weighted by molar-refractivity contribution is 0.0957. The Morgan fingerprint density at radius 3 is 2.96 bits per heavy atom. The van der Waals surface area contributed by atoms with Crippen molar-refractivity contribution in [2.24, 2.45) is 7.05 Å². The Kier molecular flexibility index (Phi) is 4.81. The average Bonchev–Trinajstić information content (AvgIpc) is 3.18. The number of H-pyrrole nitrogens is 1. The van der Waals surface area contributed by atoms with Gasteiger partial charge < -0.3 is 9.88 Å². The van der Waals surface area contributed by atoms with Crippen LogP contribution in [0.3, 0.4) is 0 Å². The molecule has 0 unspecified atom stereocenters. The zero-order chi connectivity index (χ0) is 17.1. The van der Waals surface area contributed by atoms with Crippen molar-refractivity contribution < 1.29 is 9.18 Å². The van der Waals surface area contributed by atoms with Gasteiger partial charge in [-0.2, -0.15) is 5.10 Å². The van der Waals surface area contributed by atoms with Gasteiger partial charge in [0.05, 0.1) is 6.20 Å². The average molecular weight is 363 g/mol. The van der Waals surface area contributed by atoms with Crippen LogP contribution >= 0.6 is 23.6 Å². The molecule has 0 fully saturated rings. The molecule has 0 aliphatic carbocycles. The van der Waals surface area contributed by atoms with Crippen LogP contribution in [0, 0.1) is 10.6 Å². The van der Waals surface area contributed by atoms with Crippen molar-refractivity contribution >= 4 is 29.5 Å². The Hall–Kier alpha value is -2.39. The first kappa shape index (κ1) is 16.5. The molecule has 24 heavy (non-hydrogen) atoms. The molecule has 0 aliphatic heterocycles. The first-order valence-electron chi connectivity index (χ1n) is 7.15. The molecule has 0 saturated heterocycles. The van der Waals surface area contributed by atoms with E-state index in [9.17, 15) is 9.18 Å². The number of hydrogen-bond acceptors (Lipinski definition) is 5. The molecule has 9 heteroatoms. The standard InChI is InChI=1S/C15H14FN5OS2/c1-21-12(19-20-15(21)23)6-7-17-13(22)11-8-18-14(24-11)9-4-2-3-5-10(9)16/h2-5,8H,6-7H2,1H3,(H,17,22)(H,20,23). The monoisotopic (exact) mass is 363 g/mol. The predicted octanol–water partition coefficient (Wildman–Crippen LogP) is 2.71. The smallest absolute Gasteiger partial charge is 0.263 e. The van der Waals surface area contributed by atoms with Gasteiger partial charge in [-0.25, -0.2) is 9.37 Å². The topological polar surface area (TPSA) is 75.6 Å². The summed E-state index contributed by atoms with van der Waals surface area (Å²) < 4.78 is 16.1. The molecule has 0 atom stereocenters. The minimum atomic E-state index is -0.357. The number of benzene rings is 1. The van der Waals surface area contributed by atoms with Gasteiger partial charge in [0.25, 0.3) is 5.91 Å². The Balaban J connectivity index is 1.63. The van der Waals surface area contributed by atoms with Crippen molar-refractivity contribution in [1.29, 1.82) is 0 Å². The summed E-state index contributed by atoms with van der Waals surface area (Å²) in [7, 11) is 1.81. The maximum absolute atomic E-state index is 13.8. The maximum Gasteiger partial charge on any atom is 0.263 e. The first-order valence-corrected chi connectivity index (χ1v) is 8.38. The SMILES string of the molecule is Cn1c(CCNC(=O)c2cnc(-c3ccccc3F)s2)n[nH]c1=S. The van der Waals surface area contributed by atoms with Gasteiger partial charge in [-0.15, -0.1) is 11.3 Å². The molecule has 1 amide bonds. The predicted molar refractivity (Wildman–Crippen MR) is 91.9 cm³/mol. The number of aromatic nitrogens is 4. The lowest BCUT2D eigenvalue weighted by Gasteiger charge is -2.03. The number of carbonyl (C=O) groups excluding carboxylic acids is 1. The van der Waals surface area contributed by atoms with Crippen LogP contribution in [0.4, 0.5) is 4.39 Å². The third-order valence-electron chi connectivity index (χ3n) is 3.44. The van der Waals surface area contributed by atoms with Crippen LogP contribution < -0.4 is 5.32 Å². The molecule has 1 aromatic carbocycles. The van der Waals surface area contributed by atoms with Gasteiger partial charge in [-0.05, 0) is 24.4 Å². The van der Waals surface area contributed by atoms with E-state index in [2.05, 4.69) is 20.5 Å². The van der Waals surface area contributed by atoms with Crippen LogP contribution in [0.5, 0.6) is 0 Å². The second-order valence-corrected chi connectivity index (χ2v) is 6.44. The maximum atomic E-state index is 13.8. The van der Waals surface area contributed by atoms with E-state index in [4.69, 9.17) is 12.2 Å². The molecule has 3 rings (SSSR count). The minimum absolute atomic E-state index is 0.244. The van der Waals surface area contributed by atoms with Gasteiger partial charge in [0, 0.05) is 25.6 Å². The summed E-state index contributed by atoms with van der Waals surface area (Å²) in [5, 5.41) is 10.1. The summed E-state index contributed by atoms with van der Waals surface area (Å²) in [6.07, 6.45) is 2.01. The van der Waals surface area contributed by atoms with Crippen LogP contribution in [0.1, 0.15) is 15.5 Å². The normalized spacial score (nSPS) is 10.8. The van der Waals surface area contributed by atoms with Gasteiger partial charge in [0.2, 0.25) is 0 Å².